The molecule has 0 radical (unpaired) electrons. The molecule has 0 bridgehead atoms. The third-order valence-electron chi connectivity index (χ3n) is 4.09. The van der Waals surface area contributed by atoms with Gasteiger partial charge in [-0.25, -0.2) is 8.78 Å². The summed E-state index contributed by atoms with van der Waals surface area (Å²) >= 11 is 0. The number of aliphatic carboxylic acids is 1. The van der Waals surface area contributed by atoms with E-state index in [1.165, 1.54) is 11.0 Å². The van der Waals surface area contributed by atoms with Crippen molar-refractivity contribution in [2.75, 3.05) is 13.2 Å². The molecule has 1 aromatic heterocycles. The monoisotopic (exact) mass is 381 g/mol. The molecule has 2 aromatic rings. The zero-order valence-corrected chi connectivity index (χ0v) is 15.3. The van der Waals surface area contributed by atoms with Gasteiger partial charge in [-0.3, -0.25) is 14.3 Å². The predicted molar refractivity (Wildman–Crippen MR) is 92.2 cm³/mol. The Bertz CT molecular complexity index is 851. The van der Waals surface area contributed by atoms with Crippen LogP contribution in [0, 0.1) is 25.5 Å². The Morgan fingerprint density at radius 1 is 1.26 bits per heavy atom. The lowest BCUT2D eigenvalue weighted by molar-refractivity contribution is -0.139. The fourth-order valence-corrected chi connectivity index (χ4v) is 2.57. The normalized spacial score (nSPS) is 10.7. The van der Waals surface area contributed by atoms with Gasteiger partial charge in [0.25, 0.3) is 5.91 Å². The zero-order chi connectivity index (χ0) is 20.1. The number of hydrogen-bond donors (Lipinski definition) is 1. The maximum Gasteiger partial charge on any atom is 0.305 e. The first-order valence-electron chi connectivity index (χ1n) is 8.25. The van der Waals surface area contributed by atoms with Crippen molar-refractivity contribution in [2.45, 2.75) is 26.8 Å². The van der Waals surface area contributed by atoms with E-state index in [0.717, 1.165) is 17.8 Å². The zero-order valence-electron chi connectivity index (χ0n) is 15.3. The molecule has 0 atom stereocenters. The first-order valence-corrected chi connectivity index (χ1v) is 8.25. The molecule has 7 nitrogen and oxygen atoms in total. The predicted octanol–water partition coefficient (Wildman–Crippen LogP) is 2.20. The van der Waals surface area contributed by atoms with Crippen molar-refractivity contribution in [2.24, 2.45) is 7.05 Å². The van der Waals surface area contributed by atoms with E-state index in [2.05, 4.69) is 5.10 Å². The molecule has 9 heteroatoms. The van der Waals surface area contributed by atoms with E-state index in [1.54, 1.807) is 25.6 Å². The van der Waals surface area contributed by atoms with Crippen LogP contribution in [-0.2, 0) is 23.2 Å². The number of aromatic nitrogens is 2. The molecule has 1 N–H and O–H groups in total. The van der Waals surface area contributed by atoms with Gasteiger partial charge in [-0.1, -0.05) is 6.07 Å². The average Bonchev–Trinajstić information content (AvgIpc) is 2.84. The summed E-state index contributed by atoms with van der Waals surface area (Å²) < 4.78 is 33.7. The number of ether oxygens (including phenoxy) is 1. The van der Waals surface area contributed by atoms with Gasteiger partial charge in [0.05, 0.1) is 12.1 Å². The topological polar surface area (TPSA) is 84.7 Å². The van der Waals surface area contributed by atoms with Crippen molar-refractivity contribution < 1.29 is 28.2 Å². The fraction of sp³-hybridized carbons (Fsp3) is 0.389. The first-order chi connectivity index (χ1) is 12.7. The summed E-state index contributed by atoms with van der Waals surface area (Å²) in [6.45, 7) is 3.08. The summed E-state index contributed by atoms with van der Waals surface area (Å²) in [7, 11) is 1.75. The summed E-state index contributed by atoms with van der Waals surface area (Å²) in [5.41, 5.74) is 1.72. The van der Waals surface area contributed by atoms with E-state index in [4.69, 9.17) is 9.84 Å². The number of nitrogens with zero attached hydrogens (tertiary/aromatic N) is 3. The van der Waals surface area contributed by atoms with Crippen molar-refractivity contribution in [3.8, 4) is 5.75 Å². The molecule has 0 aliphatic carbocycles. The van der Waals surface area contributed by atoms with Gasteiger partial charge in [-0.2, -0.15) is 5.10 Å². The number of carboxylic acid groups (broad SMARTS) is 1. The minimum Gasteiger partial charge on any atom is -0.481 e. The van der Waals surface area contributed by atoms with E-state index in [1.807, 2.05) is 0 Å². The summed E-state index contributed by atoms with van der Waals surface area (Å²) in [6, 6.07) is 3.28. The standard InChI is InChI=1S/C18H21F2N3O4/c1-11-18(12(2)22(3)21-11)27-10-16(24)23(7-6-17(25)26)9-13-4-5-14(19)15(20)8-13/h4-5,8H,6-7,9-10H2,1-3H3,(H,25,26). The van der Waals surface area contributed by atoms with Crippen LogP contribution in [0.1, 0.15) is 23.4 Å². The molecule has 0 saturated carbocycles. The second-order valence-electron chi connectivity index (χ2n) is 6.12. The van der Waals surface area contributed by atoms with Crippen LogP contribution >= 0.6 is 0 Å². The maximum absolute atomic E-state index is 13.4. The maximum atomic E-state index is 13.4. The van der Waals surface area contributed by atoms with Crippen molar-refractivity contribution in [3.63, 3.8) is 0 Å². The van der Waals surface area contributed by atoms with Gasteiger partial charge >= 0.3 is 5.97 Å². The molecular formula is C18H21F2N3O4. The number of carbonyl (C=O) groups is 2. The van der Waals surface area contributed by atoms with Crippen LogP contribution in [0.3, 0.4) is 0 Å². The fourth-order valence-electron chi connectivity index (χ4n) is 2.57. The molecule has 0 aliphatic rings. The minimum atomic E-state index is -1.07. The van der Waals surface area contributed by atoms with Gasteiger partial charge in [0.15, 0.2) is 24.0 Å². The van der Waals surface area contributed by atoms with E-state index in [9.17, 15) is 18.4 Å². The number of aryl methyl sites for hydroxylation is 2. The van der Waals surface area contributed by atoms with Gasteiger partial charge < -0.3 is 14.7 Å². The van der Waals surface area contributed by atoms with Crippen molar-refractivity contribution in [1.82, 2.24) is 14.7 Å². The van der Waals surface area contributed by atoms with Crippen LogP contribution in [0.15, 0.2) is 18.2 Å². The molecule has 1 aromatic carbocycles. The SMILES string of the molecule is Cc1nn(C)c(C)c1OCC(=O)N(CCC(=O)O)Cc1ccc(F)c(F)c1. The number of benzene rings is 1. The molecule has 2 rings (SSSR count). The molecule has 146 valence electrons. The van der Waals surface area contributed by atoms with E-state index >= 15 is 0 Å². The molecule has 1 amide bonds. The van der Waals surface area contributed by atoms with Gasteiger partial charge in [-0.15, -0.1) is 0 Å². The molecular weight excluding hydrogens is 360 g/mol. The number of amides is 1. The number of hydrogen-bond acceptors (Lipinski definition) is 4. The molecule has 0 fully saturated rings. The van der Waals surface area contributed by atoms with E-state index < -0.39 is 23.5 Å². The Balaban J connectivity index is 2.10. The third-order valence-corrected chi connectivity index (χ3v) is 4.09. The lowest BCUT2D eigenvalue weighted by Crippen LogP contribution is -2.36. The Hall–Kier alpha value is -2.97. The highest BCUT2D eigenvalue weighted by Gasteiger charge is 2.19. The van der Waals surface area contributed by atoms with Gasteiger partial charge in [-0.05, 0) is 31.5 Å². The second kappa shape index (κ2) is 8.61. The van der Waals surface area contributed by atoms with Crippen LogP contribution in [-0.4, -0.2) is 44.8 Å². The number of halogens is 2. The smallest absolute Gasteiger partial charge is 0.305 e. The summed E-state index contributed by atoms with van der Waals surface area (Å²) in [4.78, 5) is 24.6. The molecule has 1 heterocycles. The molecule has 0 aliphatic heterocycles. The van der Waals surface area contributed by atoms with Crippen molar-refractivity contribution >= 4 is 11.9 Å². The highest BCUT2D eigenvalue weighted by molar-refractivity contribution is 5.78. The first kappa shape index (κ1) is 20.3. The Labute approximate surface area is 155 Å². The molecule has 0 spiro atoms. The van der Waals surface area contributed by atoms with Gasteiger partial charge in [0, 0.05) is 20.1 Å². The van der Waals surface area contributed by atoms with Gasteiger partial charge in [0.2, 0.25) is 0 Å². The largest absolute Gasteiger partial charge is 0.481 e. The molecule has 0 saturated heterocycles. The summed E-state index contributed by atoms with van der Waals surface area (Å²) in [5, 5.41) is 13.1. The average molecular weight is 381 g/mol. The lowest BCUT2D eigenvalue weighted by atomic mass is 10.2. The van der Waals surface area contributed by atoms with Crippen LogP contribution in [0.5, 0.6) is 5.75 Å². The Kier molecular flexibility index (Phi) is 6.49. The number of carbonyl (C=O) groups excluding carboxylic acids is 1. The van der Waals surface area contributed by atoms with E-state index in [-0.39, 0.29) is 26.1 Å². The highest BCUT2D eigenvalue weighted by Crippen LogP contribution is 2.21. The number of carboxylic acids is 1. The van der Waals surface area contributed by atoms with Crippen LogP contribution in [0.25, 0.3) is 0 Å². The highest BCUT2D eigenvalue weighted by atomic mass is 19.2. The van der Waals surface area contributed by atoms with Crippen LogP contribution in [0.4, 0.5) is 8.78 Å². The Morgan fingerprint density at radius 3 is 2.52 bits per heavy atom. The van der Waals surface area contributed by atoms with Crippen LogP contribution in [0.2, 0.25) is 0 Å². The van der Waals surface area contributed by atoms with Crippen molar-refractivity contribution in [3.05, 3.63) is 46.8 Å². The second-order valence-corrected chi connectivity index (χ2v) is 6.12. The summed E-state index contributed by atoms with van der Waals surface area (Å²) in [6.07, 6.45) is -0.277. The van der Waals surface area contributed by atoms with Crippen molar-refractivity contribution in [1.29, 1.82) is 0 Å². The quantitative estimate of drug-likeness (QED) is 0.758. The minimum absolute atomic E-state index is 0.0579. The summed E-state index contributed by atoms with van der Waals surface area (Å²) in [5.74, 6) is -3.08. The van der Waals surface area contributed by atoms with Gasteiger partial charge in [0.1, 0.15) is 5.69 Å². The van der Waals surface area contributed by atoms with E-state index in [0.29, 0.717) is 17.0 Å². The Morgan fingerprint density at radius 2 is 1.96 bits per heavy atom. The molecule has 27 heavy (non-hydrogen) atoms. The molecule has 0 unspecified atom stereocenters. The third kappa shape index (κ3) is 5.25. The lowest BCUT2D eigenvalue weighted by Gasteiger charge is -2.22. The van der Waals surface area contributed by atoms with Crippen LogP contribution < -0.4 is 4.74 Å². The number of rotatable bonds is 8.